The summed E-state index contributed by atoms with van der Waals surface area (Å²) in [6.45, 7) is 8.87. The van der Waals surface area contributed by atoms with E-state index < -0.39 is 5.60 Å². The lowest BCUT2D eigenvalue weighted by atomic mass is 9.68. The minimum Gasteiger partial charge on any atom is -0.380 e. The van der Waals surface area contributed by atoms with Crippen LogP contribution in [0.25, 0.3) is 0 Å². The highest BCUT2D eigenvalue weighted by atomic mass is 16.5. The Labute approximate surface area is 182 Å². The third-order valence-corrected chi connectivity index (χ3v) is 7.79. The summed E-state index contributed by atoms with van der Waals surface area (Å²) in [7, 11) is 0. The fourth-order valence-electron chi connectivity index (χ4n) is 5.91. The van der Waals surface area contributed by atoms with Crippen LogP contribution in [0, 0.1) is 5.41 Å². The Morgan fingerprint density at radius 1 is 1.00 bits per heavy atom. The maximum Gasteiger partial charge on any atom is 0.120 e. The van der Waals surface area contributed by atoms with Crippen molar-refractivity contribution >= 4 is 0 Å². The van der Waals surface area contributed by atoms with Crippen molar-refractivity contribution in [3.8, 4) is 0 Å². The van der Waals surface area contributed by atoms with Crippen molar-refractivity contribution < 1.29 is 14.7 Å². The van der Waals surface area contributed by atoms with Crippen LogP contribution in [0.5, 0.6) is 0 Å². The molecule has 2 aliphatic heterocycles. The van der Waals surface area contributed by atoms with Crippen LogP contribution in [0.3, 0.4) is 0 Å². The van der Waals surface area contributed by atoms with Gasteiger partial charge in [-0.05, 0) is 50.2 Å². The van der Waals surface area contributed by atoms with Crippen LogP contribution in [-0.4, -0.2) is 36.9 Å². The molecule has 0 aliphatic carbocycles. The smallest absolute Gasteiger partial charge is 0.120 e. The molecule has 162 valence electrons. The molecule has 30 heavy (non-hydrogen) atoms. The molecule has 0 amide bonds. The van der Waals surface area contributed by atoms with E-state index in [1.54, 1.807) is 4.90 Å². The number of quaternary nitrogens is 1. The third kappa shape index (κ3) is 4.49. The number of rotatable bonds is 6. The van der Waals surface area contributed by atoms with E-state index in [2.05, 4.69) is 38.1 Å². The van der Waals surface area contributed by atoms with E-state index >= 15 is 0 Å². The zero-order valence-electron chi connectivity index (χ0n) is 18.7. The average Bonchev–Trinajstić information content (AvgIpc) is 2.79. The Bertz CT molecular complexity index is 765. The summed E-state index contributed by atoms with van der Waals surface area (Å²) in [5.41, 5.74) is 1.50. The highest BCUT2D eigenvalue weighted by Crippen LogP contribution is 2.43. The standard InChI is InChI=1S/C27H37NO2/c1-3-25(2)21-26(17-20-30-25)15-10-18-28(22-26)19-16-27(29,23-11-6-4-7-12-23)24-13-8-5-9-14-24/h4-9,11-14,29H,3,10,15-22H2,1-2H3/p+1/t25-,26+/m0/s1. The lowest BCUT2D eigenvalue weighted by Gasteiger charge is -2.49. The van der Waals surface area contributed by atoms with Crippen molar-refractivity contribution in [3.63, 3.8) is 0 Å². The first kappa shape index (κ1) is 21.5. The van der Waals surface area contributed by atoms with Gasteiger partial charge in [-0.1, -0.05) is 67.6 Å². The molecule has 2 saturated heterocycles. The summed E-state index contributed by atoms with van der Waals surface area (Å²) in [5.74, 6) is 0. The van der Waals surface area contributed by atoms with E-state index in [1.165, 1.54) is 38.8 Å². The van der Waals surface area contributed by atoms with Crippen LogP contribution < -0.4 is 4.90 Å². The maximum atomic E-state index is 11.9. The van der Waals surface area contributed by atoms with E-state index in [4.69, 9.17) is 4.74 Å². The zero-order chi connectivity index (χ0) is 21.1. The summed E-state index contributed by atoms with van der Waals surface area (Å²) in [5, 5.41) is 11.9. The van der Waals surface area contributed by atoms with Gasteiger partial charge in [0.05, 0.1) is 25.2 Å². The summed E-state index contributed by atoms with van der Waals surface area (Å²) in [6, 6.07) is 20.4. The first-order valence-corrected chi connectivity index (χ1v) is 11.8. The third-order valence-electron chi connectivity index (χ3n) is 7.79. The van der Waals surface area contributed by atoms with Crippen molar-refractivity contribution in [1.82, 2.24) is 0 Å². The van der Waals surface area contributed by atoms with Gasteiger partial charge in [0.15, 0.2) is 0 Å². The molecular formula is C27H38NO2+. The molecule has 2 aromatic rings. The molecule has 4 rings (SSSR count). The number of hydrogen-bond acceptors (Lipinski definition) is 2. The Hall–Kier alpha value is -1.68. The van der Waals surface area contributed by atoms with E-state index in [0.29, 0.717) is 5.41 Å². The second-order valence-corrected chi connectivity index (χ2v) is 9.95. The minimum absolute atomic E-state index is 0.0372. The van der Waals surface area contributed by atoms with Gasteiger partial charge in [-0.25, -0.2) is 0 Å². The molecule has 3 atom stereocenters. The molecular weight excluding hydrogens is 370 g/mol. The minimum atomic E-state index is -0.937. The molecule has 2 aliphatic rings. The SMILES string of the molecule is CC[C@@]1(C)C[C@@]2(CCC[NH+](CCC(O)(c3ccccc3)c3ccccc3)C2)CCO1. The normalized spacial score (nSPS) is 29.8. The molecule has 1 unspecified atom stereocenters. The summed E-state index contributed by atoms with van der Waals surface area (Å²) >= 11 is 0. The van der Waals surface area contributed by atoms with E-state index in [9.17, 15) is 5.11 Å². The van der Waals surface area contributed by atoms with Crippen LogP contribution in [-0.2, 0) is 10.3 Å². The maximum absolute atomic E-state index is 11.9. The molecule has 2 fully saturated rings. The van der Waals surface area contributed by atoms with Gasteiger partial charge in [0.25, 0.3) is 0 Å². The van der Waals surface area contributed by atoms with Crippen molar-refractivity contribution in [3.05, 3.63) is 71.8 Å². The fourth-order valence-corrected chi connectivity index (χ4v) is 5.91. The Morgan fingerprint density at radius 3 is 2.23 bits per heavy atom. The van der Waals surface area contributed by atoms with Crippen LogP contribution in [0.15, 0.2) is 60.7 Å². The quantitative estimate of drug-likeness (QED) is 0.759. The van der Waals surface area contributed by atoms with Gasteiger partial charge >= 0.3 is 0 Å². The topological polar surface area (TPSA) is 33.9 Å². The van der Waals surface area contributed by atoms with Crippen molar-refractivity contribution in [1.29, 1.82) is 0 Å². The fraction of sp³-hybridized carbons (Fsp3) is 0.556. The first-order chi connectivity index (χ1) is 14.5. The Balaban J connectivity index is 1.50. The second-order valence-electron chi connectivity index (χ2n) is 9.95. The number of aliphatic hydroxyl groups is 1. The second kappa shape index (κ2) is 8.82. The van der Waals surface area contributed by atoms with Gasteiger partial charge in [-0.3, -0.25) is 0 Å². The molecule has 1 spiro atoms. The number of ether oxygens (including phenoxy) is 1. The monoisotopic (exact) mass is 408 g/mol. The van der Waals surface area contributed by atoms with E-state index in [0.717, 1.165) is 37.1 Å². The van der Waals surface area contributed by atoms with Crippen molar-refractivity contribution in [2.75, 3.05) is 26.2 Å². The predicted octanol–water partition coefficient (Wildman–Crippen LogP) is 3.96. The van der Waals surface area contributed by atoms with Gasteiger partial charge < -0.3 is 14.7 Å². The molecule has 3 nitrogen and oxygen atoms in total. The van der Waals surface area contributed by atoms with Gasteiger partial charge in [-0.2, -0.15) is 0 Å². The van der Waals surface area contributed by atoms with Gasteiger partial charge in [-0.15, -0.1) is 0 Å². The molecule has 2 N–H and O–H groups in total. The van der Waals surface area contributed by atoms with E-state index in [-0.39, 0.29) is 5.60 Å². The molecule has 0 aromatic heterocycles. The first-order valence-electron chi connectivity index (χ1n) is 11.8. The number of hydrogen-bond donors (Lipinski definition) is 2. The van der Waals surface area contributed by atoms with Crippen LogP contribution in [0.4, 0.5) is 0 Å². The number of nitrogens with one attached hydrogen (secondary N) is 1. The van der Waals surface area contributed by atoms with Crippen LogP contribution in [0.2, 0.25) is 0 Å². The lowest BCUT2D eigenvalue weighted by Crippen LogP contribution is -3.14. The Morgan fingerprint density at radius 2 is 1.63 bits per heavy atom. The summed E-state index contributed by atoms with van der Waals surface area (Å²) in [4.78, 5) is 1.65. The van der Waals surface area contributed by atoms with Gasteiger partial charge in [0.2, 0.25) is 0 Å². The zero-order valence-corrected chi connectivity index (χ0v) is 18.7. The molecule has 0 bridgehead atoms. The number of likely N-dealkylation sites (tertiary alicyclic amines) is 1. The van der Waals surface area contributed by atoms with Gasteiger partial charge in [0, 0.05) is 18.4 Å². The van der Waals surface area contributed by atoms with E-state index in [1.807, 2.05) is 36.4 Å². The highest BCUT2D eigenvalue weighted by molar-refractivity contribution is 5.35. The molecule has 0 saturated carbocycles. The van der Waals surface area contributed by atoms with Crippen molar-refractivity contribution in [2.24, 2.45) is 5.41 Å². The molecule has 2 heterocycles. The van der Waals surface area contributed by atoms with Gasteiger partial charge in [0.1, 0.15) is 5.60 Å². The van der Waals surface area contributed by atoms with Crippen LogP contribution in [0.1, 0.15) is 63.5 Å². The summed E-state index contributed by atoms with van der Waals surface area (Å²) in [6.07, 6.45) is 6.82. The summed E-state index contributed by atoms with van der Waals surface area (Å²) < 4.78 is 6.16. The molecule has 3 heteroatoms. The van der Waals surface area contributed by atoms with Crippen LogP contribution >= 0.6 is 0 Å². The average molecular weight is 409 g/mol. The molecule has 0 radical (unpaired) electrons. The lowest BCUT2D eigenvalue weighted by molar-refractivity contribution is -0.914. The Kier molecular flexibility index (Phi) is 6.34. The largest absolute Gasteiger partial charge is 0.380 e. The number of piperidine rings is 1. The number of benzene rings is 2. The highest BCUT2D eigenvalue weighted by Gasteiger charge is 2.46. The molecule has 2 aromatic carbocycles. The van der Waals surface area contributed by atoms with Crippen molar-refractivity contribution in [2.45, 2.75) is 63.6 Å². The predicted molar refractivity (Wildman–Crippen MR) is 122 cm³/mol.